The van der Waals surface area contributed by atoms with Crippen LogP contribution in [-0.2, 0) is 19.1 Å². The van der Waals surface area contributed by atoms with Gasteiger partial charge in [0.05, 0.1) is 12.5 Å². The molecule has 2 aliphatic carbocycles. The van der Waals surface area contributed by atoms with Gasteiger partial charge in [0, 0.05) is 19.3 Å². The Labute approximate surface area is 149 Å². The second-order valence-electron chi connectivity index (χ2n) is 7.62. The number of hydrogen-bond acceptors (Lipinski definition) is 5. The zero-order chi connectivity index (χ0) is 18.0. The summed E-state index contributed by atoms with van der Waals surface area (Å²) in [5.74, 6) is 0.399. The maximum atomic E-state index is 11.5. The largest absolute Gasteiger partial charge is 0.462 e. The molecule has 138 valence electrons. The summed E-state index contributed by atoms with van der Waals surface area (Å²) in [5.41, 5.74) is 1.27. The van der Waals surface area contributed by atoms with Crippen LogP contribution in [0.3, 0.4) is 0 Å². The van der Waals surface area contributed by atoms with Gasteiger partial charge in [0.25, 0.3) is 0 Å². The summed E-state index contributed by atoms with van der Waals surface area (Å²) >= 11 is 0. The summed E-state index contributed by atoms with van der Waals surface area (Å²) in [7, 11) is 0. The highest BCUT2D eigenvalue weighted by atomic mass is 16.5. The van der Waals surface area contributed by atoms with Crippen LogP contribution in [0.15, 0.2) is 23.8 Å². The number of cyclic esters (lactones) is 1. The Kier molecular flexibility index (Phi) is 5.62. The Morgan fingerprint density at radius 1 is 1.40 bits per heavy atom. The third kappa shape index (κ3) is 4.32. The molecule has 3 rings (SSSR count). The number of carbonyl (C=O) groups excluding carboxylic acids is 2. The molecule has 1 fully saturated rings. The van der Waals surface area contributed by atoms with Gasteiger partial charge in [-0.1, -0.05) is 25.2 Å². The highest BCUT2D eigenvalue weighted by molar-refractivity contribution is 5.71. The Morgan fingerprint density at radius 3 is 2.92 bits per heavy atom. The minimum Gasteiger partial charge on any atom is -0.462 e. The van der Waals surface area contributed by atoms with E-state index in [2.05, 4.69) is 25.2 Å². The topological polar surface area (TPSA) is 72.8 Å². The number of esters is 2. The van der Waals surface area contributed by atoms with Crippen LogP contribution in [0.5, 0.6) is 0 Å². The van der Waals surface area contributed by atoms with Crippen LogP contribution in [0.4, 0.5) is 0 Å². The van der Waals surface area contributed by atoms with Crippen molar-refractivity contribution in [2.24, 2.45) is 17.8 Å². The monoisotopic (exact) mass is 348 g/mol. The molecular weight excluding hydrogens is 320 g/mol. The molecule has 1 saturated heterocycles. The van der Waals surface area contributed by atoms with Crippen LogP contribution in [0.2, 0.25) is 0 Å². The van der Waals surface area contributed by atoms with Gasteiger partial charge in [-0.2, -0.15) is 0 Å². The number of aliphatic hydroxyl groups is 1. The van der Waals surface area contributed by atoms with Gasteiger partial charge in [0.15, 0.2) is 0 Å². The Bertz CT molecular complexity index is 579. The van der Waals surface area contributed by atoms with Crippen LogP contribution < -0.4 is 0 Å². The first-order chi connectivity index (χ1) is 11.9. The molecule has 1 heterocycles. The van der Waals surface area contributed by atoms with E-state index in [1.165, 1.54) is 12.5 Å². The number of fused-ring (bicyclic) bond motifs is 1. The summed E-state index contributed by atoms with van der Waals surface area (Å²) in [6.45, 7) is 3.66. The fourth-order valence-corrected chi connectivity index (χ4v) is 4.58. The lowest BCUT2D eigenvalue weighted by Crippen LogP contribution is -2.40. The van der Waals surface area contributed by atoms with Crippen LogP contribution >= 0.6 is 0 Å². The van der Waals surface area contributed by atoms with Crippen LogP contribution in [0, 0.1) is 17.8 Å². The predicted octanol–water partition coefficient (Wildman–Crippen LogP) is 2.92. The van der Waals surface area contributed by atoms with Crippen molar-refractivity contribution >= 4 is 11.9 Å². The molecule has 0 amide bonds. The van der Waals surface area contributed by atoms with Gasteiger partial charge >= 0.3 is 11.9 Å². The SMILES string of the molecule is CC(=O)O[C@H]1CCC=C2C=C[C@H](C)[C@H](CC[C@@H]3C[C@@H](O)CC(=O)O3)[C@H]21. The number of allylic oxidation sites excluding steroid dienone is 3. The van der Waals surface area contributed by atoms with Crippen molar-refractivity contribution < 1.29 is 24.2 Å². The standard InChI is InChI=1S/C20H28O5/c1-12-6-7-14-4-3-5-18(24-13(2)21)20(14)17(12)9-8-16-10-15(22)11-19(23)25-16/h4,6-7,12,15-18,20,22H,3,5,8-11H2,1-2H3/t12-,15+,16+,17-,18-,20-/m0/s1. The third-order valence-electron chi connectivity index (χ3n) is 5.72. The van der Waals surface area contributed by atoms with Gasteiger partial charge in [-0.3, -0.25) is 9.59 Å². The number of rotatable bonds is 4. The van der Waals surface area contributed by atoms with Crippen molar-refractivity contribution in [1.82, 2.24) is 0 Å². The Morgan fingerprint density at radius 2 is 2.20 bits per heavy atom. The maximum absolute atomic E-state index is 11.5. The van der Waals surface area contributed by atoms with Gasteiger partial charge < -0.3 is 14.6 Å². The zero-order valence-corrected chi connectivity index (χ0v) is 15.0. The van der Waals surface area contributed by atoms with Crippen LogP contribution in [-0.4, -0.2) is 35.4 Å². The summed E-state index contributed by atoms with van der Waals surface area (Å²) in [5, 5.41) is 9.79. The average molecular weight is 348 g/mol. The third-order valence-corrected chi connectivity index (χ3v) is 5.72. The van der Waals surface area contributed by atoms with E-state index in [9.17, 15) is 14.7 Å². The maximum Gasteiger partial charge on any atom is 0.308 e. The smallest absolute Gasteiger partial charge is 0.308 e. The quantitative estimate of drug-likeness (QED) is 0.791. The molecule has 0 unspecified atom stereocenters. The van der Waals surface area contributed by atoms with Crippen molar-refractivity contribution in [2.75, 3.05) is 0 Å². The van der Waals surface area contributed by atoms with Gasteiger partial charge in [-0.15, -0.1) is 0 Å². The molecule has 5 heteroatoms. The van der Waals surface area contributed by atoms with E-state index in [0.717, 1.165) is 25.7 Å². The highest BCUT2D eigenvalue weighted by Gasteiger charge is 2.40. The fourth-order valence-electron chi connectivity index (χ4n) is 4.58. The van der Waals surface area contributed by atoms with E-state index in [-0.39, 0.29) is 36.5 Å². The van der Waals surface area contributed by atoms with Crippen molar-refractivity contribution in [2.45, 2.75) is 70.7 Å². The second kappa shape index (κ2) is 7.73. The van der Waals surface area contributed by atoms with Gasteiger partial charge in [-0.25, -0.2) is 0 Å². The van der Waals surface area contributed by atoms with Crippen molar-refractivity contribution in [3.8, 4) is 0 Å². The van der Waals surface area contributed by atoms with Crippen molar-refractivity contribution in [3.05, 3.63) is 23.8 Å². The predicted molar refractivity (Wildman–Crippen MR) is 92.5 cm³/mol. The first-order valence-electron chi connectivity index (χ1n) is 9.37. The molecule has 1 aliphatic heterocycles. The Balaban J connectivity index is 1.70. The number of aliphatic hydroxyl groups excluding tert-OH is 1. The minimum atomic E-state index is -0.589. The highest BCUT2D eigenvalue weighted by Crippen LogP contribution is 2.44. The van der Waals surface area contributed by atoms with Crippen molar-refractivity contribution in [3.63, 3.8) is 0 Å². The van der Waals surface area contributed by atoms with Gasteiger partial charge in [0.1, 0.15) is 12.2 Å². The average Bonchev–Trinajstić information content (AvgIpc) is 2.53. The Hall–Kier alpha value is -1.62. The molecule has 1 N–H and O–H groups in total. The summed E-state index contributed by atoms with van der Waals surface area (Å²) in [6.07, 6.45) is 9.82. The van der Waals surface area contributed by atoms with Gasteiger partial charge in [-0.05, 0) is 43.1 Å². The number of carbonyl (C=O) groups is 2. The van der Waals surface area contributed by atoms with E-state index in [0.29, 0.717) is 18.3 Å². The molecule has 0 aromatic rings. The molecule has 0 spiro atoms. The lowest BCUT2D eigenvalue weighted by molar-refractivity contribution is -0.161. The molecule has 3 aliphatic rings. The minimum absolute atomic E-state index is 0.0746. The molecule has 0 radical (unpaired) electrons. The molecule has 5 nitrogen and oxygen atoms in total. The van der Waals surface area contributed by atoms with E-state index >= 15 is 0 Å². The first-order valence-corrected chi connectivity index (χ1v) is 9.37. The van der Waals surface area contributed by atoms with E-state index in [4.69, 9.17) is 9.47 Å². The summed E-state index contributed by atoms with van der Waals surface area (Å²) in [6, 6.07) is 0. The molecule has 25 heavy (non-hydrogen) atoms. The second-order valence-corrected chi connectivity index (χ2v) is 7.62. The molecule has 6 atom stereocenters. The number of ether oxygens (including phenoxy) is 2. The molecule has 0 bridgehead atoms. The summed E-state index contributed by atoms with van der Waals surface area (Å²) in [4.78, 5) is 23.0. The molecule has 0 saturated carbocycles. The van der Waals surface area contributed by atoms with E-state index in [1.54, 1.807) is 0 Å². The number of hydrogen-bond donors (Lipinski definition) is 1. The van der Waals surface area contributed by atoms with Crippen LogP contribution in [0.1, 0.15) is 52.4 Å². The van der Waals surface area contributed by atoms with Crippen LogP contribution in [0.25, 0.3) is 0 Å². The zero-order valence-electron chi connectivity index (χ0n) is 15.0. The van der Waals surface area contributed by atoms with Crippen molar-refractivity contribution in [1.29, 1.82) is 0 Å². The molecule has 0 aromatic carbocycles. The van der Waals surface area contributed by atoms with E-state index in [1.807, 2.05) is 0 Å². The summed E-state index contributed by atoms with van der Waals surface area (Å²) < 4.78 is 11.0. The van der Waals surface area contributed by atoms with E-state index < -0.39 is 6.10 Å². The lowest BCUT2D eigenvalue weighted by atomic mass is 9.66. The molecular formula is C20H28O5. The lowest BCUT2D eigenvalue weighted by Gasteiger charge is -2.42. The normalized spacial score (nSPS) is 37.7. The van der Waals surface area contributed by atoms with Gasteiger partial charge in [0.2, 0.25) is 0 Å². The first kappa shape index (κ1) is 18.2. The fraction of sp³-hybridized carbons (Fsp3) is 0.700. The molecule has 0 aromatic heterocycles.